The second kappa shape index (κ2) is 4.11. The molecule has 0 radical (unpaired) electrons. The highest BCUT2D eigenvalue weighted by atomic mass is 16.3. The highest BCUT2D eigenvalue weighted by Crippen LogP contribution is 1.75. The predicted octanol–water partition coefficient (Wildman–Crippen LogP) is -1.51. The van der Waals surface area contributed by atoms with Crippen LogP contribution in [0.15, 0.2) is 0 Å². The molecule has 0 saturated heterocycles. The monoisotopic (exact) mass is 133 g/mol. The number of nitrogens with two attached hydrogens (primary N) is 1. The first-order chi connectivity index (χ1) is 4.22. The first kappa shape index (κ1) is 8.19. The fourth-order valence-electron chi connectivity index (χ4n) is 0.353. The van der Waals surface area contributed by atoms with E-state index in [0.717, 1.165) is 5.01 Å². The maximum absolute atomic E-state index is 10.5. The molecule has 54 valence electrons. The second-order valence-corrected chi connectivity index (χ2v) is 1.47. The number of aliphatic hydroxyl groups is 1. The number of nitrogens with zero attached hydrogens (tertiary/aromatic N) is 1. The molecule has 0 saturated carbocycles. The lowest BCUT2D eigenvalue weighted by molar-refractivity contribution is 0.180. The van der Waals surface area contributed by atoms with E-state index < -0.39 is 6.03 Å². The van der Waals surface area contributed by atoms with Crippen molar-refractivity contribution in [2.24, 2.45) is 5.84 Å². The molecule has 0 heterocycles. The molecule has 0 aliphatic heterocycles. The molecule has 2 amide bonds. The Morgan fingerprint density at radius 3 is 2.78 bits per heavy atom. The normalized spacial score (nSPS) is 8.78. The van der Waals surface area contributed by atoms with Crippen molar-refractivity contribution >= 4 is 6.03 Å². The van der Waals surface area contributed by atoms with Crippen molar-refractivity contribution in [1.29, 1.82) is 0 Å². The first-order valence-electron chi connectivity index (χ1n) is 2.57. The number of hydrazine groups is 1. The molecule has 0 atom stereocenters. The van der Waals surface area contributed by atoms with E-state index in [1.807, 2.05) is 0 Å². The minimum atomic E-state index is -0.399. The van der Waals surface area contributed by atoms with Crippen LogP contribution in [0.1, 0.15) is 0 Å². The van der Waals surface area contributed by atoms with Gasteiger partial charge in [0, 0.05) is 7.05 Å². The summed E-state index contributed by atoms with van der Waals surface area (Å²) in [5, 5.41) is 11.5. The lowest BCUT2D eigenvalue weighted by Gasteiger charge is -2.13. The van der Waals surface area contributed by atoms with Crippen LogP contribution in [-0.2, 0) is 0 Å². The van der Waals surface area contributed by atoms with Crippen molar-refractivity contribution in [2.45, 2.75) is 0 Å². The third-order valence-corrected chi connectivity index (χ3v) is 0.816. The third kappa shape index (κ3) is 2.89. The van der Waals surface area contributed by atoms with Gasteiger partial charge in [-0.15, -0.1) is 0 Å². The summed E-state index contributed by atoms with van der Waals surface area (Å²) >= 11 is 0. The Morgan fingerprint density at radius 1 is 1.89 bits per heavy atom. The summed E-state index contributed by atoms with van der Waals surface area (Å²) < 4.78 is 0. The van der Waals surface area contributed by atoms with E-state index >= 15 is 0 Å². The summed E-state index contributed by atoms with van der Waals surface area (Å²) in [5.41, 5.74) is 0. The largest absolute Gasteiger partial charge is 0.394 e. The van der Waals surface area contributed by atoms with Gasteiger partial charge < -0.3 is 10.4 Å². The Hall–Kier alpha value is -0.810. The van der Waals surface area contributed by atoms with Gasteiger partial charge in [0.05, 0.1) is 13.2 Å². The average Bonchev–Trinajstić information content (AvgIpc) is 1.87. The van der Waals surface area contributed by atoms with Crippen molar-refractivity contribution in [3.8, 4) is 0 Å². The number of rotatable bonds is 2. The highest BCUT2D eigenvalue weighted by molar-refractivity contribution is 5.72. The zero-order valence-corrected chi connectivity index (χ0v) is 5.29. The van der Waals surface area contributed by atoms with Gasteiger partial charge in [0.1, 0.15) is 0 Å². The Morgan fingerprint density at radius 2 is 2.44 bits per heavy atom. The van der Waals surface area contributed by atoms with Crippen LogP contribution in [0.25, 0.3) is 0 Å². The van der Waals surface area contributed by atoms with Gasteiger partial charge in [-0.3, -0.25) is 5.01 Å². The van der Waals surface area contributed by atoms with E-state index in [0.29, 0.717) is 0 Å². The Kier molecular flexibility index (Phi) is 3.74. The Bertz CT molecular complexity index is 95.8. The van der Waals surface area contributed by atoms with Crippen LogP contribution in [0, 0.1) is 0 Å². The van der Waals surface area contributed by atoms with Gasteiger partial charge in [-0.05, 0) is 0 Å². The van der Waals surface area contributed by atoms with E-state index in [2.05, 4.69) is 5.32 Å². The number of hydrogen-bond acceptors (Lipinski definition) is 3. The number of aliphatic hydroxyl groups excluding tert-OH is 1. The number of nitrogens with one attached hydrogen (secondary N) is 1. The molecule has 5 heteroatoms. The molecule has 0 aromatic heterocycles. The summed E-state index contributed by atoms with van der Waals surface area (Å²) in [6.45, 7) is 0.0313. The molecular formula is C4H11N3O2. The first-order valence-corrected chi connectivity index (χ1v) is 2.57. The maximum Gasteiger partial charge on any atom is 0.331 e. The standard InChI is InChI=1S/C4H11N3O2/c1-6-4(9)7(5)2-3-8/h8H,2-3,5H2,1H3,(H,6,9). The molecule has 4 N–H and O–H groups in total. The topological polar surface area (TPSA) is 78.6 Å². The maximum atomic E-state index is 10.5. The van der Waals surface area contributed by atoms with Crippen molar-refractivity contribution < 1.29 is 9.90 Å². The summed E-state index contributed by atoms with van der Waals surface area (Å²) in [5.74, 6) is 5.10. The molecule has 0 spiro atoms. The summed E-state index contributed by atoms with van der Waals surface area (Å²) in [6, 6.07) is -0.399. The molecule has 0 aromatic rings. The molecule has 0 fully saturated rings. The molecule has 0 unspecified atom stereocenters. The van der Waals surface area contributed by atoms with Crippen molar-refractivity contribution in [3.63, 3.8) is 0 Å². The van der Waals surface area contributed by atoms with Gasteiger partial charge in [0.25, 0.3) is 0 Å². The summed E-state index contributed by atoms with van der Waals surface area (Å²) in [6.07, 6.45) is 0. The van der Waals surface area contributed by atoms with Crippen molar-refractivity contribution in [2.75, 3.05) is 20.2 Å². The van der Waals surface area contributed by atoms with Crippen molar-refractivity contribution in [1.82, 2.24) is 10.3 Å². The van der Waals surface area contributed by atoms with Crippen LogP contribution < -0.4 is 11.2 Å². The van der Waals surface area contributed by atoms with E-state index in [1.54, 1.807) is 0 Å². The van der Waals surface area contributed by atoms with Crippen LogP contribution in [-0.4, -0.2) is 36.3 Å². The third-order valence-electron chi connectivity index (χ3n) is 0.816. The molecule has 0 aromatic carbocycles. The minimum absolute atomic E-state index is 0.121. The minimum Gasteiger partial charge on any atom is -0.394 e. The fraction of sp³-hybridized carbons (Fsp3) is 0.750. The van der Waals surface area contributed by atoms with Crippen LogP contribution in [0.4, 0.5) is 4.79 Å². The smallest absolute Gasteiger partial charge is 0.331 e. The van der Waals surface area contributed by atoms with E-state index in [4.69, 9.17) is 10.9 Å². The molecular weight excluding hydrogens is 122 g/mol. The van der Waals surface area contributed by atoms with Crippen LogP contribution in [0.5, 0.6) is 0 Å². The molecule has 0 rings (SSSR count). The summed E-state index contributed by atoms with van der Waals surface area (Å²) in [4.78, 5) is 10.5. The van der Waals surface area contributed by atoms with Crippen LogP contribution >= 0.6 is 0 Å². The SMILES string of the molecule is CNC(=O)N(N)CCO. The Labute approximate surface area is 53.4 Å². The number of amides is 2. The molecule has 0 bridgehead atoms. The zero-order chi connectivity index (χ0) is 7.28. The van der Waals surface area contributed by atoms with Crippen molar-refractivity contribution in [3.05, 3.63) is 0 Å². The van der Waals surface area contributed by atoms with Gasteiger partial charge in [-0.2, -0.15) is 0 Å². The molecule has 5 nitrogen and oxygen atoms in total. The van der Waals surface area contributed by atoms with Crippen LogP contribution in [0.2, 0.25) is 0 Å². The van der Waals surface area contributed by atoms with Gasteiger partial charge in [-0.1, -0.05) is 0 Å². The van der Waals surface area contributed by atoms with Gasteiger partial charge in [0.2, 0.25) is 0 Å². The predicted molar refractivity (Wildman–Crippen MR) is 32.4 cm³/mol. The van der Waals surface area contributed by atoms with E-state index in [-0.39, 0.29) is 13.2 Å². The zero-order valence-electron chi connectivity index (χ0n) is 5.29. The number of carbonyl (C=O) groups is 1. The Balaban J connectivity index is 3.45. The molecule has 0 aliphatic carbocycles. The van der Waals surface area contributed by atoms with Gasteiger partial charge in [-0.25, -0.2) is 10.6 Å². The fourth-order valence-corrected chi connectivity index (χ4v) is 0.353. The lowest BCUT2D eigenvalue weighted by atomic mass is 10.6. The second-order valence-electron chi connectivity index (χ2n) is 1.47. The molecule has 9 heavy (non-hydrogen) atoms. The van der Waals surface area contributed by atoms with E-state index in [1.165, 1.54) is 7.05 Å². The quantitative estimate of drug-likeness (QED) is 0.243. The lowest BCUT2D eigenvalue weighted by Crippen LogP contribution is -2.44. The van der Waals surface area contributed by atoms with Gasteiger partial charge >= 0.3 is 6.03 Å². The average molecular weight is 133 g/mol. The summed E-state index contributed by atoms with van der Waals surface area (Å²) in [7, 11) is 1.47. The number of urea groups is 1. The number of hydrogen-bond donors (Lipinski definition) is 3. The number of carbonyl (C=O) groups excluding carboxylic acids is 1. The van der Waals surface area contributed by atoms with Gasteiger partial charge in [0.15, 0.2) is 0 Å². The molecule has 0 aliphatic rings. The highest BCUT2D eigenvalue weighted by Gasteiger charge is 2.02. The van der Waals surface area contributed by atoms with Crippen LogP contribution in [0.3, 0.4) is 0 Å². The van der Waals surface area contributed by atoms with E-state index in [9.17, 15) is 4.79 Å².